The van der Waals surface area contributed by atoms with Crippen molar-refractivity contribution in [3.05, 3.63) is 135 Å². The minimum atomic E-state index is 0.773. The third-order valence-corrected chi connectivity index (χ3v) is 6.95. The van der Waals surface area contributed by atoms with Gasteiger partial charge >= 0.3 is 0 Å². The third-order valence-electron chi connectivity index (χ3n) is 6.95. The van der Waals surface area contributed by atoms with Crippen LogP contribution in [-0.4, -0.2) is 64.8 Å². The summed E-state index contributed by atoms with van der Waals surface area (Å²) < 4.78 is 0. The van der Waals surface area contributed by atoms with Gasteiger partial charge in [-0.25, -0.2) is 0 Å². The molecule has 0 aliphatic rings. The molecule has 6 heterocycles. The highest BCUT2D eigenvalue weighted by atomic mass is 16.2. The van der Waals surface area contributed by atoms with E-state index in [2.05, 4.69) is 76.7 Å². The van der Waals surface area contributed by atoms with Crippen molar-refractivity contribution in [2.24, 2.45) is 0 Å². The van der Waals surface area contributed by atoms with Crippen molar-refractivity contribution < 1.29 is 10.2 Å². The summed E-state index contributed by atoms with van der Waals surface area (Å²) in [6.07, 6.45) is 14.1. The Morgan fingerprint density at radius 3 is 0.913 bits per heavy atom. The fourth-order valence-electron chi connectivity index (χ4n) is 4.83. The number of aromatic nitrogens is 8. The Labute approximate surface area is 266 Å². The van der Waals surface area contributed by atoms with Crippen molar-refractivity contribution in [1.82, 2.24) is 40.3 Å². The van der Waals surface area contributed by atoms with Gasteiger partial charge in [0.05, 0.1) is 11.4 Å². The molecule has 6 aromatic heterocycles. The summed E-state index contributed by atoms with van der Waals surface area (Å²) in [6.45, 7) is 0. The molecule has 0 atom stereocenters. The number of aliphatic hydroxyl groups is 2. The Morgan fingerprint density at radius 2 is 0.609 bits per heavy atom. The van der Waals surface area contributed by atoms with Crippen LogP contribution in [-0.2, 0) is 0 Å². The van der Waals surface area contributed by atoms with Gasteiger partial charge in [-0.05, 0) is 71.8 Å². The minimum absolute atomic E-state index is 0.773. The third kappa shape index (κ3) is 6.99. The summed E-state index contributed by atoms with van der Waals surface area (Å²) >= 11 is 0. The van der Waals surface area contributed by atoms with Crippen molar-refractivity contribution >= 4 is 0 Å². The topological polar surface area (TPSA) is 144 Å². The van der Waals surface area contributed by atoms with Gasteiger partial charge in [0.1, 0.15) is 11.4 Å². The highest BCUT2D eigenvalue weighted by Crippen LogP contribution is 2.36. The monoisotopic (exact) mass is 606 g/mol. The van der Waals surface area contributed by atoms with Crippen LogP contribution in [0.2, 0.25) is 0 Å². The predicted molar refractivity (Wildman–Crippen MR) is 178 cm³/mol. The van der Waals surface area contributed by atoms with Crippen molar-refractivity contribution in [3.63, 3.8) is 0 Å². The molecule has 0 aliphatic heterocycles. The van der Waals surface area contributed by atoms with E-state index in [9.17, 15) is 0 Å². The summed E-state index contributed by atoms with van der Waals surface area (Å²) in [5.41, 5.74) is 10.9. The van der Waals surface area contributed by atoms with Crippen LogP contribution in [0.15, 0.2) is 135 Å². The van der Waals surface area contributed by atoms with E-state index in [-0.39, 0.29) is 0 Å². The lowest BCUT2D eigenvalue weighted by Crippen LogP contribution is -1.97. The van der Waals surface area contributed by atoms with Crippen molar-refractivity contribution in [2.45, 2.75) is 0 Å². The van der Waals surface area contributed by atoms with Crippen LogP contribution in [0.1, 0.15) is 0 Å². The maximum Gasteiger partial charge on any atom is 0.101 e. The first-order valence-electron chi connectivity index (χ1n) is 14.2. The highest BCUT2D eigenvalue weighted by Gasteiger charge is 2.16. The first kappa shape index (κ1) is 31.3. The van der Waals surface area contributed by atoms with Crippen LogP contribution in [0.25, 0.3) is 67.3 Å². The van der Waals surface area contributed by atoms with E-state index in [1.165, 1.54) is 0 Å². The molecular formula is C36H30N8O2. The molecule has 2 N–H and O–H groups in total. The largest absolute Gasteiger partial charge is 0.400 e. The van der Waals surface area contributed by atoms with Gasteiger partial charge in [0.2, 0.25) is 0 Å². The second-order valence-corrected chi connectivity index (χ2v) is 9.50. The molecule has 0 unspecified atom stereocenters. The van der Waals surface area contributed by atoms with Crippen LogP contribution in [0, 0.1) is 0 Å². The van der Waals surface area contributed by atoms with Crippen molar-refractivity contribution in [1.29, 1.82) is 0 Å². The molecule has 1 aromatic carbocycles. The lowest BCUT2D eigenvalue weighted by Gasteiger charge is -2.13. The highest BCUT2D eigenvalue weighted by molar-refractivity contribution is 5.86. The maximum atomic E-state index is 7.00. The van der Waals surface area contributed by atoms with Crippen molar-refractivity contribution in [2.75, 3.05) is 14.2 Å². The fourth-order valence-corrected chi connectivity index (χ4v) is 4.83. The lowest BCUT2D eigenvalue weighted by molar-refractivity contribution is 0.399. The molecule has 0 aliphatic carbocycles. The predicted octanol–water partition coefficient (Wildman–Crippen LogP) is 6.07. The zero-order chi connectivity index (χ0) is 32.1. The molecule has 0 fully saturated rings. The molecular weight excluding hydrogens is 576 g/mol. The Morgan fingerprint density at radius 1 is 0.326 bits per heavy atom. The van der Waals surface area contributed by atoms with Gasteiger partial charge in [-0.3, -0.25) is 19.9 Å². The standard InChI is InChI=1S/C34H22N8.2CH4O/c1-2-24(30-22-32(26-7-15-36-16-8-26)40-42-34(30)28-11-19-38-20-12-28)4-3-23(1)29-21-31(25-5-13-35-14-6-25)39-41-33(29)27-9-17-37-18-10-27;2*1-2/h1-22H;2*2H,1H3. The van der Waals surface area contributed by atoms with Crippen LogP contribution < -0.4 is 0 Å². The van der Waals surface area contributed by atoms with E-state index in [4.69, 9.17) is 10.2 Å². The normalized spacial score (nSPS) is 10.2. The second-order valence-electron chi connectivity index (χ2n) is 9.50. The number of rotatable bonds is 6. The first-order chi connectivity index (χ1) is 22.8. The number of hydrogen-bond donors (Lipinski definition) is 2. The smallest absolute Gasteiger partial charge is 0.101 e. The molecule has 7 aromatic rings. The van der Waals surface area contributed by atoms with Crippen molar-refractivity contribution in [3.8, 4) is 67.3 Å². The first-order valence-corrected chi connectivity index (χ1v) is 14.2. The number of nitrogens with zero attached hydrogens (tertiary/aromatic N) is 8. The average molecular weight is 607 g/mol. The Hall–Kier alpha value is -6.10. The summed E-state index contributed by atoms with van der Waals surface area (Å²) in [5, 5.41) is 32.4. The van der Waals surface area contributed by atoms with Crippen LogP contribution in [0.4, 0.5) is 0 Å². The van der Waals surface area contributed by atoms with Gasteiger partial charge in [-0.15, -0.1) is 20.4 Å². The molecule has 10 nitrogen and oxygen atoms in total. The van der Waals surface area contributed by atoms with Crippen LogP contribution >= 0.6 is 0 Å². The summed E-state index contributed by atoms with van der Waals surface area (Å²) in [4.78, 5) is 16.6. The van der Waals surface area contributed by atoms with E-state index in [0.29, 0.717) is 0 Å². The Kier molecular flexibility index (Phi) is 10.6. The Balaban J connectivity index is 0.00000100. The molecule has 0 bridgehead atoms. The molecule has 0 amide bonds. The zero-order valence-corrected chi connectivity index (χ0v) is 25.2. The molecule has 10 heteroatoms. The second kappa shape index (κ2) is 15.6. The SMILES string of the molecule is CO.CO.c1cc(-c2cc(-c3ccc(-c4cc(-c5ccncc5)nnc4-c4ccncc4)cc3)c(-c3ccncc3)nn2)ccn1. The van der Waals surface area contributed by atoms with E-state index >= 15 is 0 Å². The molecule has 226 valence electrons. The van der Waals surface area contributed by atoms with Gasteiger partial charge in [0.15, 0.2) is 0 Å². The van der Waals surface area contributed by atoms with Crippen LogP contribution in [0.5, 0.6) is 0 Å². The van der Waals surface area contributed by atoms with Gasteiger partial charge in [-0.1, -0.05) is 24.3 Å². The number of hydrogen-bond acceptors (Lipinski definition) is 10. The van der Waals surface area contributed by atoms with Gasteiger partial charge in [-0.2, -0.15) is 0 Å². The molecule has 0 spiro atoms. The van der Waals surface area contributed by atoms with Gasteiger partial charge < -0.3 is 10.2 Å². The average Bonchev–Trinajstić information content (AvgIpc) is 3.17. The molecule has 0 saturated carbocycles. The molecule has 0 radical (unpaired) electrons. The quantitative estimate of drug-likeness (QED) is 0.229. The fraction of sp³-hybridized carbons (Fsp3) is 0.0556. The summed E-state index contributed by atoms with van der Waals surface area (Å²) in [6, 6.07) is 28.1. The maximum absolute atomic E-state index is 7.00. The molecule has 46 heavy (non-hydrogen) atoms. The van der Waals surface area contributed by atoms with Gasteiger partial charge in [0.25, 0.3) is 0 Å². The van der Waals surface area contributed by atoms with E-state index < -0.39 is 0 Å². The Bertz CT molecular complexity index is 1820. The number of pyridine rings is 4. The molecule has 7 rings (SSSR count). The zero-order valence-electron chi connectivity index (χ0n) is 25.2. The van der Waals surface area contributed by atoms with E-state index in [0.717, 1.165) is 81.5 Å². The lowest BCUT2D eigenvalue weighted by atomic mass is 9.94. The van der Waals surface area contributed by atoms with Gasteiger partial charge in [0, 0.05) is 97.2 Å². The van der Waals surface area contributed by atoms with Crippen LogP contribution in [0.3, 0.4) is 0 Å². The van der Waals surface area contributed by atoms with E-state index in [1.54, 1.807) is 49.6 Å². The number of aliphatic hydroxyl groups excluding tert-OH is 2. The van der Waals surface area contributed by atoms with E-state index in [1.807, 2.05) is 48.5 Å². The minimum Gasteiger partial charge on any atom is -0.400 e. The summed E-state index contributed by atoms with van der Waals surface area (Å²) in [5.74, 6) is 0. The summed E-state index contributed by atoms with van der Waals surface area (Å²) in [7, 11) is 2.00. The number of benzene rings is 1. The molecule has 0 saturated heterocycles.